The van der Waals surface area contributed by atoms with Crippen LogP contribution >= 0.6 is 7.82 Å². The van der Waals surface area contributed by atoms with E-state index >= 15 is 0 Å². The molecule has 1 N–H and O–H groups in total. The molecule has 0 spiro atoms. The number of unbranched alkanes of at least 4 members (excludes halogenated alkanes) is 49. The lowest BCUT2D eigenvalue weighted by atomic mass is 10.0. The number of carbonyl (C=O) groups is 2. The SMILES string of the molecule is CCCCC/C=C\C/C=C\C/C=C\C/C=C\CCCCCCCCCCCC(=O)NC(COP(=O)([O-])OCC[N+](C)(C)C)C(/C=C/CCCCCCCCCCCCC)OC(=O)CCCCCCCCCCCCCCCCCCCCCCCCCCCCC. The largest absolute Gasteiger partial charge is 0.756 e. The first-order chi connectivity index (χ1) is 44.4. The minimum atomic E-state index is -4.71. The van der Waals surface area contributed by atoms with Crippen molar-refractivity contribution in [1.29, 1.82) is 0 Å². The van der Waals surface area contributed by atoms with Gasteiger partial charge in [0.25, 0.3) is 7.82 Å². The van der Waals surface area contributed by atoms with E-state index in [1.807, 2.05) is 33.3 Å². The lowest BCUT2D eigenvalue weighted by Crippen LogP contribution is -2.47. The van der Waals surface area contributed by atoms with Gasteiger partial charge in [-0.1, -0.05) is 364 Å². The number of phosphoric ester groups is 1. The molecule has 9 nitrogen and oxygen atoms in total. The van der Waals surface area contributed by atoms with Crippen LogP contribution in [0.15, 0.2) is 60.8 Å². The second-order valence-corrected chi connectivity index (χ2v) is 29.6. The minimum absolute atomic E-state index is 0.0228. The predicted octanol–water partition coefficient (Wildman–Crippen LogP) is 25.1. The summed E-state index contributed by atoms with van der Waals surface area (Å²) in [5, 5.41) is 3.05. The van der Waals surface area contributed by atoms with E-state index in [4.69, 9.17) is 13.8 Å². The molecule has 0 aromatic heterocycles. The average Bonchev–Trinajstić information content (AvgIpc) is 3.73. The number of nitrogens with zero attached hydrogens (tertiary/aromatic N) is 1. The summed E-state index contributed by atoms with van der Waals surface area (Å²) in [6.45, 7) is 6.88. The first-order valence-corrected chi connectivity index (χ1v) is 41.1. The molecule has 0 bridgehead atoms. The molecule has 0 saturated carbocycles. The fourth-order valence-electron chi connectivity index (χ4n) is 11.9. The number of phosphoric acid groups is 1. The zero-order valence-electron chi connectivity index (χ0n) is 61.3. The Morgan fingerprint density at radius 2 is 0.670 bits per heavy atom. The Balaban J connectivity index is 4.97. The summed E-state index contributed by atoms with van der Waals surface area (Å²) in [5.74, 6) is -0.529. The van der Waals surface area contributed by atoms with Gasteiger partial charge in [0, 0.05) is 12.8 Å². The molecule has 0 radical (unpaired) electrons. The van der Waals surface area contributed by atoms with Crippen LogP contribution in [0.25, 0.3) is 0 Å². The van der Waals surface area contributed by atoms with E-state index in [0.717, 1.165) is 89.9 Å². The lowest BCUT2D eigenvalue weighted by Gasteiger charge is -2.30. The fourth-order valence-corrected chi connectivity index (χ4v) is 12.6. The highest BCUT2D eigenvalue weighted by Crippen LogP contribution is 2.38. The number of carbonyl (C=O) groups excluding carboxylic acids is 2. The highest BCUT2D eigenvalue weighted by Gasteiger charge is 2.27. The number of amides is 1. The molecule has 91 heavy (non-hydrogen) atoms. The summed E-state index contributed by atoms with van der Waals surface area (Å²) in [5.41, 5.74) is 0. The fraction of sp³-hybridized carbons (Fsp3) is 0.852. The number of likely N-dealkylation sites (N-methyl/N-ethyl adjacent to an activating group) is 1. The normalized spacial score (nSPS) is 13.7. The van der Waals surface area contributed by atoms with Crippen LogP contribution in [0.4, 0.5) is 0 Å². The van der Waals surface area contributed by atoms with Gasteiger partial charge in [0.05, 0.1) is 33.8 Å². The van der Waals surface area contributed by atoms with Gasteiger partial charge in [-0.2, -0.15) is 0 Å². The zero-order valence-corrected chi connectivity index (χ0v) is 62.2. The van der Waals surface area contributed by atoms with Crippen LogP contribution < -0.4 is 10.2 Å². The molecule has 3 atom stereocenters. The van der Waals surface area contributed by atoms with Crippen molar-refractivity contribution in [2.75, 3.05) is 40.9 Å². The molecule has 0 heterocycles. The summed E-state index contributed by atoms with van der Waals surface area (Å²) < 4.78 is 30.6. The number of hydrogen-bond donors (Lipinski definition) is 1. The maximum absolute atomic E-state index is 13.6. The maximum atomic E-state index is 13.6. The Labute approximate surface area is 566 Å². The Hall–Kier alpha value is -2.29. The minimum Gasteiger partial charge on any atom is -0.756 e. The molecule has 0 aliphatic heterocycles. The molecule has 10 heteroatoms. The van der Waals surface area contributed by atoms with Gasteiger partial charge in [-0.05, 0) is 76.7 Å². The van der Waals surface area contributed by atoms with E-state index in [2.05, 4.69) is 74.7 Å². The first kappa shape index (κ1) is 88.7. The van der Waals surface area contributed by atoms with Gasteiger partial charge in [0.15, 0.2) is 0 Å². The van der Waals surface area contributed by atoms with Crippen molar-refractivity contribution in [3.05, 3.63) is 60.8 Å². The number of rotatable bonds is 73. The third-order valence-corrected chi connectivity index (χ3v) is 18.9. The van der Waals surface area contributed by atoms with Crippen molar-refractivity contribution < 1.29 is 37.3 Å². The Bertz CT molecular complexity index is 1740. The van der Waals surface area contributed by atoms with Gasteiger partial charge in [-0.25, -0.2) is 0 Å². The van der Waals surface area contributed by atoms with Crippen molar-refractivity contribution in [3.8, 4) is 0 Å². The number of nitrogens with one attached hydrogen (secondary N) is 1. The van der Waals surface area contributed by atoms with E-state index in [1.165, 1.54) is 270 Å². The molecule has 1 amide bonds. The molecule has 0 saturated heterocycles. The quantitative estimate of drug-likeness (QED) is 0.0212. The second kappa shape index (κ2) is 70.5. The smallest absolute Gasteiger partial charge is 0.306 e. The first-order valence-electron chi connectivity index (χ1n) is 39.6. The van der Waals surface area contributed by atoms with Crippen LogP contribution in [0, 0.1) is 0 Å². The van der Waals surface area contributed by atoms with Crippen LogP contribution in [0.3, 0.4) is 0 Å². The third kappa shape index (κ3) is 71.8. The van der Waals surface area contributed by atoms with Crippen LogP contribution in [0.2, 0.25) is 0 Å². The van der Waals surface area contributed by atoms with Crippen LogP contribution in [-0.2, 0) is 27.9 Å². The Morgan fingerprint density at radius 3 is 1.02 bits per heavy atom. The standard InChI is InChI=1S/C81H153N2O7P/c1-7-10-13-16-19-22-25-28-30-32-34-36-38-40-41-43-45-47-49-51-53-56-59-62-65-68-71-74-81(85)90-79(72-69-66-63-60-57-54-27-24-21-18-15-12-9-3)78(77-89-91(86,87)88-76-75-83(4,5)6)82-80(84)73-70-67-64-61-58-55-52-50-48-46-44-42-39-37-35-33-31-29-26-23-20-17-14-11-8-2/h20,23,29,31,35,37,42,44,69,72,78-79H,7-19,21-22,24-28,30,32-34,36,38-41,43,45-68,70-71,73-77H2,1-6H3,(H-,82,84,86,87)/b23-20-,31-29-,37-35-,44-42-,72-69+. The molecular formula is C81H153N2O7P. The van der Waals surface area contributed by atoms with Crippen molar-refractivity contribution >= 4 is 19.7 Å². The van der Waals surface area contributed by atoms with E-state index in [0.29, 0.717) is 17.4 Å². The van der Waals surface area contributed by atoms with E-state index in [1.54, 1.807) is 0 Å². The van der Waals surface area contributed by atoms with Crippen molar-refractivity contribution in [3.63, 3.8) is 0 Å². The number of esters is 1. The topological polar surface area (TPSA) is 114 Å². The second-order valence-electron chi connectivity index (χ2n) is 28.2. The Morgan fingerprint density at radius 1 is 0.385 bits per heavy atom. The van der Waals surface area contributed by atoms with Crippen LogP contribution in [-0.4, -0.2) is 69.4 Å². The van der Waals surface area contributed by atoms with Crippen molar-refractivity contribution in [2.45, 2.75) is 405 Å². The lowest BCUT2D eigenvalue weighted by molar-refractivity contribution is -0.870. The number of ether oxygens (including phenoxy) is 1. The van der Waals surface area contributed by atoms with Crippen LogP contribution in [0.1, 0.15) is 393 Å². The molecule has 534 valence electrons. The molecule has 0 aromatic rings. The monoisotopic (exact) mass is 1300 g/mol. The molecule has 0 aliphatic carbocycles. The zero-order chi connectivity index (χ0) is 66.3. The van der Waals surface area contributed by atoms with E-state index in [9.17, 15) is 19.0 Å². The molecule has 0 fully saturated rings. The van der Waals surface area contributed by atoms with Gasteiger partial charge in [-0.3, -0.25) is 14.2 Å². The van der Waals surface area contributed by atoms with Crippen LogP contribution in [0.5, 0.6) is 0 Å². The highest BCUT2D eigenvalue weighted by atomic mass is 31.2. The Kier molecular flexibility index (Phi) is 68.7. The number of allylic oxidation sites excluding steroid dienone is 9. The van der Waals surface area contributed by atoms with Gasteiger partial charge in [0.2, 0.25) is 5.91 Å². The van der Waals surface area contributed by atoms with E-state index < -0.39 is 20.0 Å². The summed E-state index contributed by atoms with van der Waals surface area (Å²) in [6, 6.07) is -0.893. The summed E-state index contributed by atoms with van der Waals surface area (Å²) >= 11 is 0. The number of hydrogen-bond acceptors (Lipinski definition) is 7. The highest BCUT2D eigenvalue weighted by molar-refractivity contribution is 7.45. The third-order valence-electron chi connectivity index (χ3n) is 18.0. The van der Waals surface area contributed by atoms with Crippen molar-refractivity contribution in [2.24, 2.45) is 0 Å². The summed E-state index contributed by atoms with van der Waals surface area (Å²) in [7, 11) is 1.19. The maximum Gasteiger partial charge on any atom is 0.306 e. The van der Waals surface area contributed by atoms with Gasteiger partial charge in [0.1, 0.15) is 19.3 Å². The molecule has 0 rings (SSSR count). The van der Waals surface area contributed by atoms with E-state index in [-0.39, 0.29) is 31.5 Å². The molecule has 0 aromatic carbocycles. The molecular weight excluding hydrogens is 1140 g/mol. The van der Waals surface area contributed by atoms with Crippen molar-refractivity contribution in [1.82, 2.24) is 5.32 Å². The molecule has 0 aliphatic rings. The van der Waals surface area contributed by atoms with Gasteiger partial charge >= 0.3 is 5.97 Å². The van der Waals surface area contributed by atoms with Gasteiger partial charge < -0.3 is 28.5 Å². The average molecular weight is 1300 g/mol. The summed E-state index contributed by atoms with van der Waals surface area (Å²) in [6.07, 6.45) is 92.2. The summed E-state index contributed by atoms with van der Waals surface area (Å²) in [4.78, 5) is 40.3. The predicted molar refractivity (Wildman–Crippen MR) is 395 cm³/mol. The molecule has 3 unspecified atom stereocenters. The number of quaternary nitrogens is 1. The van der Waals surface area contributed by atoms with Gasteiger partial charge in [-0.15, -0.1) is 0 Å².